The van der Waals surface area contributed by atoms with Crippen LogP contribution in [0.1, 0.15) is 18.4 Å². The number of anilines is 2. The lowest BCUT2D eigenvalue weighted by molar-refractivity contribution is 0.0254. The van der Waals surface area contributed by atoms with Crippen molar-refractivity contribution in [1.29, 1.82) is 5.26 Å². The first kappa shape index (κ1) is 26.2. The summed E-state index contributed by atoms with van der Waals surface area (Å²) in [5.74, 6) is 2.15. The van der Waals surface area contributed by atoms with E-state index in [1.165, 1.54) is 0 Å². The zero-order valence-corrected chi connectivity index (χ0v) is 20.8. The number of hydrogen-bond acceptors (Lipinski definition) is 10. The molecule has 2 heterocycles. The summed E-state index contributed by atoms with van der Waals surface area (Å²) in [5, 5.41) is 12.9. The van der Waals surface area contributed by atoms with Gasteiger partial charge in [0.25, 0.3) is 0 Å². The number of ether oxygens (including phenoxy) is 5. The molecular weight excluding hydrogens is 474 g/mol. The highest BCUT2D eigenvalue weighted by atomic mass is 16.5. The molecule has 1 saturated heterocycles. The molecule has 37 heavy (non-hydrogen) atoms. The van der Waals surface area contributed by atoms with Gasteiger partial charge in [0.15, 0.2) is 11.5 Å². The molecule has 0 atom stereocenters. The number of nitrogens with one attached hydrogen (secondary N) is 1. The van der Waals surface area contributed by atoms with Crippen molar-refractivity contribution in [3.05, 3.63) is 54.2 Å². The van der Waals surface area contributed by atoms with E-state index >= 15 is 0 Å². The van der Waals surface area contributed by atoms with Gasteiger partial charge in [-0.05, 0) is 36.4 Å². The summed E-state index contributed by atoms with van der Waals surface area (Å²) in [4.78, 5) is 8.97. The van der Waals surface area contributed by atoms with Crippen LogP contribution < -0.4 is 25.3 Å². The molecule has 2 aromatic carbocycles. The molecule has 0 amide bonds. The van der Waals surface area contributed by atoms with E-state index in [2.05, 4.69) is 21.4 Å². The van der Waals surface area contributed by atoms with Gasteiger partial charge in [0.1, 0.15) is 24.5 Å². The third-order valence-electron chi connectivity index (χ3n) is 5.68. The van der Waals surface area contributed by atoms with Crippen LogP contribution in [0.15, 0.2) is 48.7 Å². The van der Waals surface area contributed by atoms with Crippen LogP contribution in [0.25, 0.3) is 11.3 Å². The molecule has 3 aromatic rings. The van der Waals surface area contributed by atoms with Crippen molar-refractivity contribution in [2.75, 3.05) is 52.0 Å². The summed E-state index contributed by atoms with van der Waals surface area (Å²) < 4.78 is 28.0. The van der Waals surface area contributed by atoms with Gasteiger partial charge in [0.05, 0.1) is 44.8 Å². The van der Waals surface area contributed by atoms with E-state index in [-0.39, 0.29) is 6.10 Å². The van der Waals surface area contributed by atoms with Crippen molar-refractivity contribution in [3.8, 4) is 34.6 Å². The zero-order valence-electron chi connectivity index (χ0n) is 20.8. The molecule has 10 nitrogen and oxygen atoms in total. The van der Waals surface area contributed by atoms with Crippen LogP contribution in [-0.2, 0) is 9.47 Å². The van der Waals surface area contributed by atoms with E-state index in [1.54, 1.807) is 31.5 Å². The minimum absolute atomic E-state index is 0.0541. The van der Waals surface area contributed by atoms with Gasteiger partial charge in [-0.2, -0.15) is 5.26 Å². The van der Waals surface area contributed by atoms with Crippen LogP contribution in [0, 0.1) is 11.3 Å². The van der Waals surface area contributed by atoms with Crippen LogP contribution in [0.2, 0.25) is 0 Å². The summed E-state index contributed by atoms with van der Waals surface area (Å²) in [6.45, 7) is 3.08. The zero-order chi connectivity index (χ0) is 25.9. The molecule has 10 heteroatoms. The van der Waals surface area contributed by atoms with Gasteiger partial charge in [-0.25, -0.2) is 9.97 Å². The summed E-state index contributed by atoms with van der Waals surface area (Å²) >= 11 is 0. The van der Waals surface area contributed by atoms with Crippen molar-refractivity contribution in [3.63, 3.8) is 0 Å². The number of nitrogens with two attached hydrogens (primary N) is 1. The molecule has 0 aliphatic carbocycles. The Kier molecular flexibility index (Phi) is 9.48. The third-order valence-corrected chi connectivity index (χ3v) is 5.68. The van der Waals surface area contributed by atoms with Gasteiger partial charge in [0.2, 0.25) is 5.95 Å². The molecule has 0 spiro atoms. The smallest absolute Gasteiger partial charge is 0.227 e. The van der Waals surface area contributed by atoms with Crippen LogP contribution in [0.4, 0.5) is 11.6 Å². The van der Waals surface area contributed by atoms with E-state index in [4.69, 9.17) is 29.4 Å². The van der Waals surface area contributed by atoms with Gasteiger partial charge in [-0.1, -0.05) is 0 Å². The topological polar surface area (TPSA) is 134 Å². The number of nitriles is 1. The number of nitrogens with zero attached hydrogens (tertiary/aromatic N) is 3. The number of benzene rings is 2. The maximum Gasteiger partial charge on any atom is 0.227 e. The highest BCUT2D eigenvalue weighted by Gasteiger charge is 2.17. The molecule has 3 N–H and O–H groups in total. The molecule has 1 aromatic heterocycles. The van der Waals surface area contributed by atoms with Crippen molar-refractivity contribution in [2.45, 2.75) is 18.9 Å². The van der Waals surface area contributed by atoms with Gasteiger partial charge in [-0.3, -0.25) is 0 Å². The van der Waals surface area contributed by atoms with Gasteiger partial charge in [0, 0.05) is 42.9 Å². The summed E-state index contributed by atoms with van der Waals surface area (Å²) in [7, 11) is 1.59. The minimum Gasteiger partial charge on any atom is -0.493 e. The Morgan fingerprint density at radius 1 is 1.05 bits per heavy atom. The largest absolute Gasteiger partial charge is 0.493 e. The fourth-order valence-electron chi connectivity index (χ4n) is 3.82. The standard InChI is InChI=1S/C27H31N5O5/c1-33-25-5-3-21(17-26(25)36-15-14-35-13-9-28)31-27-30-10-6-23(32-27)19-2-4-24(20(16-19)18-29)37-22-7-11-34-12-8-22/h2-6,10,16-17,22H,7-9,11-15,28H2,1H3,(H,30,31,32). The SMILES string of the molecule is COc1ccc(Nc2nccc(-c3ccc(OC4CCOCC4)c(C#N)c3)n2)cc1OCCOCCN. The second-order valence-electron chi connectivity index (χ2n) is 8.26. The Balaban J connectivity index is 1.46. The summed E-state index contributed by atoms with van der Waals surface area (Å²) in [6.07, 6.45) is 3.35. The van der Waals surface area contributed by atoms with E-state index in [0.29, 0.717) is 74.0 Å². The minimum atomic E-state index is 0.0541. The molecule has 194 valence electrons. The number of methoxy groups -OCH3 is 1. The first-order valence-corrected chi connectivity index (χ1v) is 12.2. The Labute approximate surface area is 216 Å². The number of rotatable bonds is 12. The van der Waals surface area contributed by atoms with E-state index in [9.17, 15) is 5.26 Å². The molecule has 0 saturated carbocycles. The Morgan fingerprint density at radius 3 is 2.68 bits per heavy atom. The average Bonchev–Trinajstić information content (AvgIpc) is 2.94. The van der Waals surface area contributed by atoms with Gasteiger partial charge in [-0.15, -0.1) is 0 Å². The first-order valence-electron chi connectivity index (χ1n) is 12.2. The third kappa shape index (κ3) is 7.30. The summed E-state index contributed by atoms with van der Waals surface area (Å²) in [5.41, 5.74) is 8.09. The number of hydrogen-bond donors (Lipinski definition) is 2. The average molecular weight is 506 g/mol. The van der Waals surface area contributed by atoms with Crippen molar-refractivity contribution in [2.24, 2.45) is 5.73 Å². The second kappa shape index (κ2) is 13.4. The maximum absolute atomic E-state index is 9.71. The molecule has 1 fully saturated rings. The molecule has 0 radical (unpaired) electrons. The summed E-state index contributed by atoms with van der Waals surface area (Å²) in [6, 6.07) is 15.0. The first-order chi connectivity index (χ1) is 18.2. The normalized spacial score (nSPS) is 13.5. The van der Waals surface area contributed by atoms with Gasteiger partial charge < -0.3 is 34.7 Å². The monoisotopic (exact) mass is 505 g/mol. The second-order valence-corrected chi connectivity index (χ2v) is 8.26. The fraction of sp³-hybridized carbons (Fsp3) is 0.370. The van der Waals surface area contributed by atoms with Crippen molar-refractivity contribution in [1.82, 2.24) is 9.97 Å². The van der Waals surface area contributed by atoms with E-state index < -0.39 is 0 Å². The Bertz CT molecular complexity index is 1210. The highest BCUT2D eigenvalue weighted by molar-refractivity contribution is 5.66. The molecule has 1 aliphatic rings. The lowest BCUT2D eigenvalue weighted by atomic mass is 10.1. The van der Waals surface area contributed by atoms with E-state index in [0.717, 1.165) is 24.1 Å². The Hall–Kier alpha value is -3.91. The predicted octanol–water partition coefficient (Wildman–Crippen LogP) is 3.68. The van der Waals surface area contributed by atoms with Crippen LogP contribution >= 0.6 is 0 Å². The lowest BCUT2D eigenvalue weighted by Gasteiger charge is -2.23. The van der Waals surface area contributed by atoms with Crippen LogP contribution in [0.5, 0.6) is 17.2 Å². The quantitative estimate of drug-likeness (QED) is 0.351. The fourth-order valence-corrected chi connectivity index (χ4v) is 3.82. The molecule has 0 unspecified atom stereocenters. The van der Waals surface area contributed by atoms with Crippen molar-refractivity contribution >= 4 is 11.6 Å². The molecule has 4 rings (SSSR count). The molecular formula is C27H31N5O5. The van der Waals surface area contributed by atoms with Crippen LogP contribution in [0.3, 0.4) is 0 Å². The lowest BCUT2D eigenvalue weighted by Crippen LogP contribution is -2.26. The molecule has 0 bridgehead atoms. The highest BCUT2D eigenvalue weighted by Crippen LogP contribution is 2.32. The van der Waals surface area contributed by atoms with E-state index in [1.807, 2.05) is 24.3 Å². The number of aromatic nitrogens is 2. The van der Waals surface area contributed by atoms with Crippen molar-refractivity contribution < 1.29 is 23.7 Å². The maximum atomic E-state index is 9.71. The Morgan fingerprint density at radius 2 is 1.89 bits per heavy atom. The molecule has 1 aliphatic heterocycles. The predicted molar refractivity (Wildman–Crippen MR) is 138 cm³/mol. The van der Waals surface area contributed by atoms with Crippen LogP contribution in [-0.4, -0.2) is 62.8 Å². The van der Waals surface area contributed by atoms with Gasteiger partial charge >= 0.3 is 0 Å².